The van der Waals surface area contributed by atoms with E-state index in [0.717, 1.165) is 25.0 Å². The molecule has 3 rings (SSSR count). The van der Waals surface area contributed by atoms with Crippen molar-refractivity contribution in [2.75, 3.05) is 5.32 Å². The zero-order valence-electron chi connectivity index (χ0n) is 12.0. The summed E-state index contributed by atoms with van der Waals surface area (Å²) in [6.07, 6.45) is -0.623. The fraction of sp³-hybridized carbons (Fsp3) is 0.357. The van der Waals surface area contributed by atoms with Crippen LogP contribution in [-0.4, -0.2) is 20.8 Å². The summed E-state index contributed by atoms with van der Waals surface area (Å²) in [4.78, 5) is 11.8. The minimum Gasteiger partial charge on any atom is -0.331 e. The minimum absolute atomic E-state index is 0.197. The Bertz CT molecular complexity index is 691. The van der Waals surface area contributed by atoms with Gasteiger partial charge < -0.3 is 15.2 Å². The van der Waals surface area contributed by atoms with E-state index in [1.54, 1.807) is 6.33 Å². The van der Waals surface area contributed by atoms with Crippen molar-refractivity contribution < 1.29 is 18.0 Å². The molecule has 1 aliphatic carbocycles. The van der Waals surface area contributed by atoms with Gasteiger partial charge in [-0.25, -0.2) is 4.79 Å². The molecule has 6 nitrogen and oxygen atoms in total. The van der Waals surface area contributed by atoms with Crippen molar-refractivity contribution in [3.8, 4) is 0 Å². The van der Waals surface area contributed by atoms with E-state index in [1.165, 1.54) is 12.1 Å². The molecule has 9 heteroatoms. The molecule has 0 bridgehead atoms. The van der Waals surface area contributed by atoms with Crippen LogP contribution in [0.25, 0.3) is 0 Å². The number of halogens is 3. The van der Waals surface area contributed by atoms with Crippen molar-refractivity contribution in [2.24, 2.45) is 0 Å². The normalized spacial score (nSPS) is 14.6. The van der Waals surface area contributed by atoms with Crippen molar-refractivity contribution >= 4 is 11.7 Å². The Morgan fingerprint density at radius 1 is 1.26 bits per heavy atom. The van der Waals surface area contributed by atoms with Crippen LogP contribution >= 0.6 is 0 Å². The first-order valence-corrected chi connectivity index (χ1v) is 7.04. The lowest BCUT2D eigenvalue weighted by Crippen LogP contribution is -2.29. The molecule has 1 saturated carbocycles. The van der Waals surface area contributed by atoms with Gasteiger partial charge in [0.1, 0.15) is 6.33 Å². The molecule has 0 radical (unpaired) electrons. The van der Waals surface area contributed by atoms with Crippen LogP contribution in [-0.2, 0) is 12.7 Å². The van der Waals surface area contributed by atoms with E-state index in [0.29, 0.717) is 11.9 Å². The second-order valence-electron chi connectivity index (χ2n) is 5.27. The first-order valence-electron chi connectivity index (χ1n) is 7.04. The number of nitrogens with one attached hydrogen (secondary N) is 2. The van der Waals surface area contributed by atoms with E-state index in [9.17, 15) is 18.0 Å². The number of nitrogens with zero attached hydrogens (tertiary/aromatic N) is 3. The van der Waals surface area contributed by atoms with Gasteiger partial charge in [0, 0.05) is 11.7 Å². The lowest BCUT2D eigenvalue weighted by Gasteiger charge is -2.10. The van der Waals surface area contributed by atoms with Crippen LogP contribution in [0.2, 0.25) is 0 Å². The third-order valence-corrected chi connectivity index (χ3v) is 3.46. The summed E-state index contributed by atoms with van der Waals surface area (Å²) < 4.78 is 39.3. The van der Waals surface area contributed by atoms with Crippen LogP contribution in [0.3, 0.4) is 0 Å². The number of amides is 2. The first-order chi connectivity index (χ1) is 10.9. The largest absolute Gasteiger partial charge is 0.416 e. The number of rotatable bonds is 4. The van der Waals surface area contributed by atoms with Gasteiger partial charge in [-0.3, -0.25) is 0 Å². The molecular formula is C14H14F3N5O. The molecule has 0 aliphatic heterocycles. The zero-order valence-corrected chi connectivity index (χ0v) is 12.0. The second kappa shape index (κ2) is 5.90. The Morgan fingerprint density at radius 3 is 2.57 bits per heavy atom. The monoisotopic (exact) mass is 325 g/mol. The Balaban J connectivity index is 1.54. The highest BCUT2D eigenvalue weighted by atomic mass is 19.4. The molecule has 1 aromatic carbocycles. The van der Waals surface area contributed by atoms with Gasteiger partial charge in [0.15, 0.2) is 5.82 Å². The summed E-state index contributed by atoms with van der Waals surface area (Å²) in [5.74, 6) is 0.648. The van der Waals surface area contributed by atoms with E-state index in [-0.39, 0.29) is 12.2 Å². The molecule has 2 N–H and O–H groups in total. The van der Waals surface area contributed by atoms with Gasteiger partial charge in [-0.15, -0.1) is 10.2 Å². The van der Waals surface area contributed by atoms with Crippen LogP contribution in [0, 0.1) is 0 Å². The van der Waals surface area contributed by atoms with Crippen molar-refractivity contribution in [3.05, 3.63) is 42.0 Å². The maximum absolute atomic E-state index is 12.5. The topological polar surface area (TPSA) is 71.8 Å². The van der Waals surface area contributed by atoms with Crippen LogP contribution in [0.4, 0.5) is 23.7 Å². The third-order valence-electron chi connectivity index (χ3n) is 3.46. The Labute approximate surface area is 129 Å². The molecule has 1 aromatic heterocycles. The number of carbonyl (C=O) groups is 1. The summed E-state index contributed by atoms with van der Waals surface area (Å²) in [7, 11) is 0. The number of anilines is 1. The van der Waals surface area contributed by atoms with Crippen molar-refractivity contribution in [2.45, 2.75) is 31.6 Å². The summed E-state index contributed by atoms with van der Waals surface area (Å²) >= 11 is 0. The minimum atomic E-state index is -4.40. The van der Waals surface area contributed by atoms with Gasteiger partial charge in [-0.1, -0.05) is 0 Å². The highest BCUT2D eigenvalue weighted by molar-refractivity contribution is 5.89. The summed E-state index contributed by atoms with van der Waals surface area (Å²) in [6.45, 7) is 0.197. The lowest BCUT2D eigenvalue weighted by molar-refractivity contribution is -0.137. The molecule has 1 aliphatic rings. The molecule has 2 amide bonds. The number of carbonyl (C=O) groups excluding carboxylic acids is 1. The van der Waals surface area contributed by atoms with E-state index >= 15 is 0 Å². The second-order valence-corrected chi connectivity index (χ2v) is 5.27. The number of hydrogen-bond acceptors (Lipinski definition) is 3. The van der Waals surface area contributed by atoms with E-state index in [4.69, 9.17) is 0 Å². The number of benzene rings is 1. The number of aromatic nitrogens is 3. The Hall–Kier alpha value is -2.58. The van der Waals surface area contributed by atoms with E-state index in [2.05, 4.69) is 20.8 Å². The summed E-state index contributed by atoms with van der Waals surface area (Å²) in [5, 5.41) is 12.8. The van der Waals surface area contributed by atoms with Crippen molar-refractivity contribution in [3.63, 3.8) is 0 Å². The molecular weight excluding hydrogens is 311 g/mol. The van der Waals surface area contributed by atoms with Crippen molar-refractivity contribution in [1.29, 1.82) is 0 Å². The molecule has 0 unspecified atom stereocenters. The molecule has 0 spiro atoms. The van der Waals surface area contributed by atoms with Gasteiger partial charge in [-0.05, 0) is 37.1 Å². The fourth-order valence-electron chi connectivity index (χ4n) is 2.13. The summed E-state index contributed by atoms with van der Waals surface area (Å²) in [5.41, 5.74) is -0.486. The first kappa shape index (κ1) is 15.3. The standard InChI is InChI=1S/C14H14F3N5O/c15-14(16,17)9-1-3-10(4-2-9)20-13(23)18-7-12-21-19-8-22(12)11-5-6-11/h1-4,8,11H,5-7H2,(H2,18,20,23). The maximum Gasteiger partial charge on any atom is 0.416 e. The Kier molecular flexibility index (Phi) is 3.93. The van der Waals surface area contributed by atoms with Crippen LogP contribution in [0.15, 0.2) is 30.6 Å². The smallest absolute Gasteiger partial charge is 0.331 e. The lowest BCUT2D eigenvalue weighted by atomic mass is 10.2. The molecule has 1 heterocycles. The van der Waals surface area contributed by atoms with Gasteiger partial charge >= 0.3 is 12.2 Å². The van der Waals surface area contributed by atoms with Gasteiger partial charge in [0.25, 0.3) is 0 Å². The quantitative estimate of drug-likeness (QED) is 0.908. The van der Waals surface area contributed by atoms with Gasteiger partial charge in [-0.2, -0.15) is 13.2 Å². The molecule has 122 valence electrons. The van der Waals surface area contributed by atoms with E-state index in [1.807, 2.05) is 4.57 Å². The van der Waals surface area contributed by atoms with Crippen LogP contribution in [0.1, 0.15) is 30.3 Å². The van der Waals surface area contributed by atoms with Gasteiger partial charge in [0.05, 0.1) is 12.1 Å². The van der Waals surface area contributed by atoms with E-state index < -0.39 is 17.8 Å². The average Bonchev–Trinajstić information content (AvgIpc) is 3.23. The third kappa shape index (κ3) is 3.79. The maximum atomic E-state index is 12.5. The number of hydrogen-bond donors (Lipinski definition) is 2. The molecule has 2 aromatic rings. The zero-order chi connectivity index (χ0) is 16.4. The predicted octanol–water partition coefficient (Wildman–Crippen LogP) is 2.95. The highest BCUT2D eigenvalue weighted by Gasteiger charge is 2.30. The van der Waals surface area contributed by atoms with Crippen LogP contribution in [0.5, 0.6) is 0 Å². The predicted molar refractivity (Wildman–Crippen MR) is 75.6 cm³/mol. The van der Waals surface area contributed by atoms with Gasteiger partial charge in [0.2, 0.25) is 0 Å². The molecule has 0 atom stereocenters. The molecule has 0 saturated heterocycles. The highest BCUT2D eigenvalue weighted by Crippen LogP contribution is 2.35. The average molecular weight is 325 g/mol. The summed E-state index contributed by atoms with van der Waals surface area (Å²) in [6, 6.07) is 4.12. The Morgan fingerprint density at radius 2 is 1.96 bits per heavy atom. The number of alkyl halides is 3. The fourth-order valence-corrected chi connectivity index (χ4v) is 2.13. The molecule has 1 fully saturated rings. The SMILES string of the molecule is O=C(NCc1nncn1C1CC1)Nc1ccc(C(F)(F)F)cc1. The number of urea groups is 1. The molecule has 23 heavy (non-hydrogen) atoms. The van der Waals surface area contributed by atoms with Crippen LogP contribution < -0.4 is 10.6 Å². The van der Waals surface area contributed by atoms with Crippen molar-refractivity contribution in [1.82, 2.24) is 20.1 Å².